The van der Waals surface area contributed by atoms with Gasteiger partial charge in [-0.2, -0.15) is 13.2 Å². The molecule has 0 fully saturated rings. The molecule has 0 aliphatic rings. The van der Waals surface area contributed by atoms with Crippen LogP contribution in [0.25, 0.3) is 0 Å². The van der Waals surface area contributed by atoms with E-state index in [1.807, 2.05) is 0 Å². The van der Waals surface area contributed by atoms with Crippen molar-refractivity contribution < 1.29 is 17.9 Å². The highest BCUT2D eigenvalue weighted by molar-refractivity contribution is 5.50. The molecule has 0 bridgehead atoms. The van der Waals surface area contributed by atoms with E-state index in [1.165, 1.54) is 6.07 Å². The van der Waals surface area contributed by atoms with Crippen LogP contribution in [-0.4, -0.2) is 13.2 Å². The Hall–Kier alpha value is -1.31. The average molecular weight is 263 g/mol. The van der Waals surface area contributed by atoms with E-state index in [1.54, 1.807) is 6.92 Å². The quantitative estimate of drug-likeness (QED) is 0.430. The van der Waals surface area contributed by atoms with Gasteiger partial charge in [-0.1, -0.05) is 0 Å². The summed E-state index contributed by atoms with van der Waals surface area (Å²) in [4.78, 5) is 0. The molecule has 1 aromatic carbocycles. The van der Waals surface area contributed by atoms with Crippen molar-refractivity contribution in [1.29, 1.82) is 0 Å². The van der Waals surface area contributed by atoms with Crippen LogP contribution in [0.1, 0.15) is 24.1 Å². The zero-order chi connectivity index (χ0) is 13.8. The summed E-state index contributed by atoms with van der Waals surface area (Å²) in [7, 11) is 0. The highest BCUT2D eigenvalue weighted by atomic mass is 19.4. The number of alkyl halides is 3. The third-order valence-electron chi connectivity index (χ3n) is 2.48. The second-order valence-corrected chi connectivity index (χ2v) is 3.72. The molecule has 0 radical (unpaired) electrons. The van der Waals surface area contributed by atoms with Gasteiger partial charge in [0.25, 0.3) is 0 Å². The summed E-state index contributed by atoms with van der Waals surface area (Å²) in [5.74, 6) is 5.31. The molecule has 0 heterocycles. The number of nitrogens with two attached hydrogens (primary N) is 2. The lowest BCUT2D eigenvalue weighted by atomic mass is 10.0. The van der Waals surface area contributed by atoms with Crippen LogP contribution in [-0.2, 0) is 10.9 Å². The van der Waals surface area contributed by atoms with Gasteiger partial charge in [0.05, 0.1) is 18.2 Å². The Balaban J connectivity index is 3.05. The van der Waals surface area contributed by atoms with Gasteiger partial charge >= 0.3 is 6.18 Å². The first-order valence-corrected chi connectivity index (χ1v) is 5.40. The Labute approximate surface area is 103 Å². The van der Waals surface area contributed by atoms with E-state index in [0.717, 1.165) is 12.1 Å². The van der Waals surface area contributed by atoms with Crippen LogP contribution in [0.3, 0.4) is 0 Å². The van der Waals surface area contributed by atoms with Crippen LogP contribution >= 0.6 is 0 Å². The van der Waals surface area contributed by atoms with Gasteiger partial charge in [-0.15, -0.1) is 0 Å². The molecule has 18 heavy (non-hydrogen) atoms. The lowest BCUT2D eigenvalue weighted by molar-refractivity contribution is -0.137. The highest BCUT2D eigenvalue weighted by Crippen LogP contribution is 2.32. The van der Waals surface area contributed by atoms with Crippen molar-refractivity contribution in [2.45, 2.75) is 19.1 Å². The van der Waals surface area contributed by atoms with Gasteiger partial charge in [-0.25, -0.2) is 0 Å². The molecule has 0 amide bonds. The van der Waals surface area contributed by atoms with Crippen molar-refractivity contribution in [2.75, 3.05) is 18.9 Å². The molecule has 4 nitrogen and oxygen atoms in total. The van der Waals surface area contributed by atoms with Crippen LogP contribution < -0.4 is 17.0 Å². The van der Waals surface area contributed by atoms with Crippen LogP contribution in [0.2, 0.25) is 0 Å². The monoisotopic (exact) mass is 263 g/mol. The number of benzene rings is 1. The number of rotatable bonds is 5. The molecule has 1 aromatic rings. The first kappa shape index (κ1) is 14.7. The molecule has 7 heteroatoms. The fourth-order valence-electron chi connectivity index (χ4n) is 1.52. The zero-order valence-corrected chi connectivity index (χ0v) is 9.92. The lowest BCUT2D eigenvalue weighted by Gasteiger charge is -2.19. The molecule has 0 saturated carbocycles. The van der Waals surface area contributed by atoms with Crippen molar-refractivity contribution in [2.24, 2.45) is 5.84 Å². The van der Waals surface area contributed by atoms with Gasteiger partial charge in [0.1, 0.15) is 0 Å². The summed E-state index contributed by atoms with van der Waals surface area (Å²) >= 11 is 0. The summed E-state index contributed by atoms with van der Waals surface area (Å²) in [6.45, 7) is 2.37. The fraction of sp³-hybridized carbons (Fsp3) is 0.455. The van der Waals surface area contributed by atoms with E-state index < -0.39 is 17.8 Å². The Morgan fingerprint density at radius 2 is 2.06 bits per heavy atom. The predicted octanol–water partition coefficient (Wildman–Crippen LogP) is 1.83. The Bertz CT molecular complexity index is 396. The van der Waals surface area contributed by atoms with Gasteiger partial charge in [0.15, 0.2) is 0 Å². The summed E-state index contributed by atoms with van der Waals surface area (Å²) < 4.78 is 42.9. The first-order valence-electron chi connectivity index (χ1n) is 5.40. The molecule has 1 atom stereocenters. The molecule has 5 N–H and O–H groups in total. The van der Waals surface area contributed by atoms with Crippen molar-refractivity contribution in [1.82, 2.24) is 5.43 Å². The third kappa shape index (κ3) is 3.59. The largest absolute Gasteiger partial charge is 0.416 e. The molecule has 0 saturated heterocycles. The molecule has 0 spiro atoms. The number of ether oxygens (including phenoxy) is 1. The van der Waals surface area contributed by atoms with E-state index in [0.29, 0.717) is 6.61 Å². The number of anilines is 1. The minimum Gasteiger partial charge on any atom is -0.398 e. The van der Waals surface area contributed by atoms with Crippen LogP contribution in [0, 0.1) is 0 Å². The standard InChI is InChI=1S/C11H16F3N3O/c1-2-18-6-10(17-16)8-5-7(11(12,13)14)3-4-9(8)15/h3-5,10,17H,2,6,15-16H2,1H3. The van der Waals surface area contributed by atoms with Crippen LogP contribution in [0.4, 0.5) is 18.9 Å². The number of halogens is 3. The number of nitrogen functional groups attached to an aromatic ring is 1. The first-order chi connectivity index (χ1) is 8.40. The summed E-state index contributed by atoms with van der Waals surface area (Å²) in [5.41, 5.74) is 7.82. The van der Waals surface area contributed by atoms with Gasteiger partial charge in [-0.3, -0.25) is 11.3 Å². The minimum atomic E-state index is -4.41. The smallest absolute Gasteiger partial charge is 0.398 e. The Morgan fingerprint density at radius 1 is 1.39 bits per heavy atom. The normalized spacial score (nSPS) is 13.6. The van der Waals surface area contributed by atoms with Crippen molar-refractivity contribution in [3.63, 3.8) is 0 Å². The number of hydrogen-bond donors (Lipinski definition) is 3. The molecule has 1 unspecified atom stereocenters. The average Bonchev–Trinajstić information content (AvgIpc) is 2.30. The zero-order valence-electron chi connectivity index (χ0n) is 9.92. The number of nitrogens with one attached hydrogen (secondary N) is 1. The van der Waals surface area contributed by atoms with Gasteiger partial charge in [0, 0.05) is 12.3 Å². The lowest BCUT2D eigenvalue weighted by Crippen LogP contribution is -2.32. The van der Waals surface area contributed by atoms with Crippen molar-refractivity contribution in [3.8, 4) is 0 Å². The minimum absolute atomic E-state index is 0.151. The maximum absolute atomic E-state index is 12.6. The summed E-state index contributed by atoms with van der Waals surface area (Å²) in [5, 5.41) is 0. The molecular formula is C11H16F3N3O. The molecule has 0 aliphatic carbocycles. The maximum atomic E-state index is 12.6. The van der Waals surface area contributed by atoms with Crippen molar-refractivity contribution in [3.05, 3.63) is 29.3 Å². The fourth-order valence-corrected chi connectivity index (χ4v) is 1.52. The Morgan fingerprint density at radius 3 is 2.56 bits per heavy atom. The third-order valence-corrected chi connectivity index (χ3v) is 2.48. The Kier molecular flexibility index (Phi) is 4.94. The number of hydrogen-bond acceptors (Lipinski definition) is 4. The van der Waals surface area contributed by atoms with E-state index in [4.69, 9.17) is 16.3 Å². The van der Waals surface area contributed by atoms with Gasteiger partial charge in [0.2, 0.25) is 0 Å². The summed E-state index contributed by atoms with van der Waals surface area (Å²) in [6.07, 6.45) is -4.41. The van der Waals surface area contributed by atoms with E-state index in [2.05, 4.69) is 5.43 Å². The molecule has 1 rings (SSSR count). The highest BCUT2D eigenvalue weighted by Gasteiger charge is 2.31. The second kappa shape index (κ2) is 6.03. The molecule has 102 valence electrons. The summed E-state index contributed by atoms with van der Waals surface area (Å²) in [6, 6.07) is 2.56. The van der Waals surface area contributed by atoms with E-state index >= 15 is 0 Å². The van der Waals surface area contributed by atoms with Crippen LogP contribution in [0.5, 0.6) is 0 Å². The van der Waals surface area contributed by atoms with Gasteiger partial charge < -0.3 is 10.5 Å². The molecule has 0 aliphatic heterocycles. The van der Waals surface area contributed by atoms with E-state index in [9.17, 15) is 13.2 Å². The maximum Gasteiger partial charge on any atom is 0.416 e. The second-order valence-electron chi connectivity index (χ2n) is 3.72. The molecule has 0 aromatic heterocycles. The number of hydrazine groups is 1. The van der Waals surface area contributed by atoms with Gasteiger partial charge in [-0.05, 0) is 30.7 Å². The predicted molar refractivity (Wildman–Crippen MR) is 62.4 cm³/mol. The van der Waals surface area contributed by atoms with Crippen molar-refractivity contribution >= 4 is 5.69 Å². The topological polar surface area (TPSA) is 73.3 Å². The molecular weight excluding hydrogens is 247 g/mol. The van der Waals surface area contributed by atoms with E-state index in [-0.39, 0.29) is 17.9 Å². The SMILES string of the molecule is CCOCC(NN)c1cc(C(F)(F)F)ccc1N. The van der Waals surface area contributed by atoms with Crippen LogP contribution in [0.15, 0.2) is 18.2 Å².